The van der Waals surface area contributed by atoms with Crippen LogP contribution in [0.1, 0.15) is 26.2 Å². The smallest absolute Gasteiger partial charge is 0.227 e. The maximum absolute atomic E-state index is 12.4. The molecule has 1 heterocycles. The second-order valence-electron chi connectivity index (χ2n) is 5.83. The van der Waals surface area contributed by atoms with Gasteiger partial charge in [0.1, 0.15) is 5.75 Å². The molecule has 0 aromatic heterocycles. The van der Waals surface area contributed by atoms with Crippen molar-refractivity contribution >= 4 is 33.2 Å². The van der Waals surface area contributed by atoms with Gasteiger partial charge in [0.2, 0.25) is 15.9 Å². The first-order chi connectivity index (χ1) is 11.4. The largest absolute Gasteiger partial charge is 0.495 e. The predicted octanol–water partition coefficient (Wildman–Crippen LogP) is 2.74. The normalized spacial score (nSPS) is 16.8. The zero-order valence-corrected chi connectivity index (χ0v) is 15.5. The van der Waals surface area contributed by atoms with E-state index in [4.69, 9.17) is 16.3 Å². The van der Waals surface area contributed by atoms with Crippen LogP contribution in [0.3, 0.4) is 0 Å². The third kappa shape index (κ3) is 4.62. The maximum atomic E-state index is 12.4. The molecule has 1 aliphatic heterocycles. The summed E-state index contributed by atoms with van der Waals surface area (Å²) in [6.45, 7) is 2.63. The van der Waals surface area contributed by atoms with Crippen molar-refractivity contribution in [2.24, 2.45) is 5.92 Å². The summed E-state index contributed by atoms with van der Waals surface area (Å²) in [5.41, 5.74) is 0.604. The first-order valence-corrected chi connectivity index (χ1v) is 9.98. The van der Waals surface area contributed by atoms with E-state index in [1.807, 2.05) is 6.92 Å². The minimum absolute atomic E-state index is 0.108. The molecule has 1 fully saturated rings. The number of nitrogens with zero attached hydrogens (tertiary/aromatic N) is 1. The zero-order chi connectivity index (χ0) is 17.7. The molecule has 134 valence electrons. The molecule has 24 heavy (non-hydrogen) atoms. The van der Waals surface area contributed by atoms with Gasteiger partial charge in [0.05, 0.1) is 17.9 Å². The summed E-state index contributed by atoms with van der Waals surface area (Å²) < 4.78 is 30.7. The average Bonchev–Trinajstić information content (AvgIpc) is 2.55. The van der Waals surface area contributed by atoms with Crippen molar-refractivity contribution in [3.63, 3.8) is 0 Å². The summed E-state index contributed by atoms with van der Waals surface area (Å²) in [7, 11) is -1.66. The van der Waals surface area contributed by atoms with E-state index in [9.17, 15) is 13.2 Å². The second-order valence-corrected chi connectivity index (χ2v) is 8.32. The van der Waals surface area contributed by atoms with E-state index < -0.39 is 10.0 Å². The number of ether oxygens (including phenoxy) is 1. The van der Waals surface area contributed by atoms with Crippen molar-refractivity contribution in [3.8, 4) is 5.75 Å². The van der Waals surface area contributed by atoms with E-state index in [-0.39, 0.29) is 17.6 Å². The first kappa shape index (κ1) is 19.0. The highest BCUT2D eigenvalue weighted by atomic mass is 35.5. The Morgan fingerprint density at radius 3 is 2.58 bits per heavy atom. The Morgan fingerprint density at radius 2 is 2.04 bits per heavy atom. The van der Waals surface area contributed by atoms with Gasteiger partial charge in [-0.25, -0.2) is 12.7 Å². The Bertz CT molecular complexity index is 685. The van der Waals surface area contributed by atoms with Gasteiger partial charge in [-0.05, 0) is 37.5 Å². The third-order valence-corrected chi connectivity index (χ3v) is 6.47. The molecule has 0 atom stereocenters. The number of amides is 1. The number of hydrogen-bond donors (Lipinski definition) is 1. The number of halogens is 1. The predicted molar refractivity (Wildman–Crippen MR) is 95.0 cm³/mol. The van der Waals surface area contributed by atoms with Gasteiger partial charge in [-0.1, -0.05) is 18.5 Å². The van der Waals surface area contributed by atoms with Gasteiger partial charge in [0, 0.05) is 24.7 Å². The van der Waals surface area contributed by atoms with Crippen LogP contribution in [0.25, 0.3) is 0 Å². The van der Waals surface area contributed by atoms with Crippen LogP contribution in [0.4, 0.5) is 5.69 Å². The molecule has 6 nitrogen and oxygen atoms in total. The molecular formula is C16H23ClN2O4S. The topological polar surface area (TPSA) is 75.7 Å². The lowest BCUT2D eigenvalue weighted by molar-refractivity contribution is -0.120. The Morgan fingerprint density at radius 1 is 1.38 bits per heavy atom. The van der Waals surface area contributed by atoms with Crippen molar-refractivity contribution in [3.05, 3.63) is 23.2 Å². The summed E-state index contributed by atoms with van der Waals surface area (Å²) in [6, 6.07) is 5.06. The quantitative estimate of drug-likeness (QED) is 0.830. The van der Waals surface area contributed by atoms with Crippen LogP contribution in [0.5, 0.6) is 5.75 Å². The summed E-state index contributed by atoms with van der Waals surface area (Å²) in [6.07, 6.45) is 1.65. The van der Waals surface area contributed by atoms with Crippen LogP contribution >= 0.6 is 11.6 Å². The number of nitrogens with one attached hydrogen (secondary N) is 1. The highest BCUT2D eigenvalue weighted by molar-refractivity contribution is 7.89. The number of piperidine rings is 1. The number of hydrogen-bond acceptors (Lipinski definition) is 4. The standard InChI is InChI=1S/C16H23ClN2O4S/c1-3-10-24(21,22)19-8-6-12(7-9-19)16(20)18-13-4-5-15(23-2)14(17)11-13/h4-5,11-12H,3,6-10H2,1-2H3,(H,18,20). The lowest BCUT2D eigenvalue weighted by atomic mass is 9.97. The number of sulfonamides is 1. The van der Waals surface area contributed by atoms with Gasteiger partial charge in [-0.2, -0.15) is 0 Å². The molecule has 1 aromatic rings. The molecule has 1 aromatic carbocycles. The molecule has 1 aliphatic rings. The Hall–Kier alpha value is -1.31. The molecule has 0 saturated carbocycles. The van der Waals surface area contributed by atoms with Gasteiger partial charge in [-0.15, -0.1) is 0 Å². The third-order valence-electron chi connectivity index (χ3n) is 4.10. The van der Waals surface area contributed by atoms with Crippen LogP contribution in [0.2, 0.25) is 5.02 Å². The van der Waals surface area contributed by atoms with Crippen molar-refractivity contribution in [1.29, 1.82) is 0 Å². The molecule has 1 N–H and O–H groups in total. The van der Waals surface area contributed by atoms with Gasteiger partial charge < -0.3 is 10.1 Å². The van der Waals surface area contributed by atoms with Crippen LogP contribution < -0.4 is 10.1 Å². The minimum atomic E-state index is -3.18. The molecule has 0 unspecified atom stereocenters. The second kappa shape index (κ2) is 8.18. The lowest BCUT2D eigenvalue weighted by Crippen LogP contribution is -2.42. The van der Waals surface area contributed by atoms with Gasteiger partial charge in [-0.3, -0.25) is 4.79 Å². The average molecular weight is 375 g/mol. The van der Waals surface area contributed by atoms with E-state index in [2.05, 4.69) is 5.32 Å². The van der Waals surface area contributed by atoms with Gasteiger partial charge >= 0.3 is 0 Å². The summed E-state index contributed by atoms with van der Waals surface area (Å²) in [5.74, 6) is 0.403. The summed E-state index contributed by atoms with van der Waals surface area (Å²) in [5, 5.41) is 3.26. The van der Waals surface area contributed by atoms with Crippen LogP contribution in [0, 0.1) is 5.92 Å². The van der Waals surface area contributed by atoms with Crippen LogP contribution in [0.15, 0.2) is 18.2 Å². The molecule has 0 bridgehead atoms. The fraction of sp³-hybridized carbons (Fsp3) is 0.562. The number of methoxy groups -OCH3 is 1. The molecule has 0 radical (unpaired) electrons. The molecule has 0 aliphatic carbocycles. The fourth-order valence-electron chi connectivity index (χ4n) is 2.77. The molecular weight excluding hydrogens is 352 g/mol. The first-order valence-electron chi connectivity index (χ1n) is 7.99. The number of carbonyl (C=O) groups is 1. The number of carbonyl (C=O) groups excluding carboxylic acids is 1. The minimum Gasteiger partial charge on any atom is -0.495 e. The van der Waals surface area contributed by atoms with Crippen molar-refractivity contribution in [2.75, 3.05) is 31.3 Å². The van der Waals surface area contributed by atoms with Crippen molar-refractivity contribution < 1.29 is 17.9 Å². The Kier molecular flexibility index (Phi) is 6.48. The number of benzene rings is 1. The van der Waals surface area contributed by atoms with Crippen molar-refractivity contribution in [2.45, 2.75) is 26.2 Å². The number of anilines is 1. The fourth-order valence-corrected chi connectivity index (χ4v) is 4.57. The maximum Gasteiger partial charge on any atom is 0.227 e. The van der Waals surface area contributed by atoms with E-state index in [0.29, 0.717) is 48.8 Å². The van der Waals surface area contributed by atoms with E-state index in [1.54, 1.807) is 18.2 Å². The Labute approximate surface area is 148 Å². The van der Waals surface area contributed by atoms with Crippen molar-refractivity contribution in [1.82, 2.24) is 4.31 Å². The van der Waals surface area contributed by atoms with Gasteiger partial charge in [0.25, 0.3) is 0 Å². The molecule has 0 spiro atoms. The SMILES string of the molecule is CCCS(=O)(=O)N1CCC(C(=O)Nc2ccc(OC)c(Cl)c2)CC1. The lowest BCUT2D eigenvalue weighted by Gasteiger charge is -2.30. The van der Waals surface area contributed by atoms with E-state index >= 15 is 0 Å². The van der Waals surface area contributed by atoms with E-state index in [0.717, 1.165) is 0 Å². The molecule has 8 heteroatoms. The Balaban J connectivity index is 1.92. The summed E-state index contributed by atoms with van der Waals surface area (Å²) >= 11 is 6.05. The highest BCUT2D eigenvalue weighted by Gasteiger charge is 2.30. The highest BCUT2D eigenvalue weighted by Crippen LogP contribution is 2.28. The molecule has 1 saturated heterocycles. The number of rotatable bonds is 6. The summed E-state index contributed by atoms with van der Waals surface area (Å²) in [4.78, 5) is 12.4. The van der Waals surface area contributed by atoms with Crippen LogP contribution in [-0.2, 0) is 14.8 Å². The zero-order valence-electron chi connectivity index (χ0n) is 13.9. The molecule has 2 rings (SSSR count). The van der Waals surface area contributed by atoms with E-state index in [1.165, 1.54) is 11.4 Å². The van der Waals surface area contributed by atoms with Gasteiger partial charge in [0.15, 0.2) is 0 Å². The van der Waals surface area contributed by atoms with Crippen LogP contribution in [-0.4, -0.2) is 44.6 Å². The monoisotopic (exact) mass is 374 g/mol. The molecule has 1 amide bonds.